The molecule has 0 bridgehead atoms. The van der Waals surface area contributed by atoms with Crippen molar-refractivity contribution in [2.75, 3.05) is 12.4 Å². The topological polar surface area (TPSA) is 115 Å². The lowest BCUT2D eigenvalue weighted by Crippen LogP contribution is -2.23. The molecular formula is C28H24F3N3O4. The molecule has 0 saturated carbocycles. The first-order valence-electron chi connectivity index (χ1n) is 11.6. The average molecular weight is 524 g/mol. The number of halogens is 3. The van der Waals surface area contributed by atoms with Gasteiger partial charge in [-0.25, -0.2) is 4.79 Å². The summed E-state index contributed by atoms with van der Waals surface area (Å²) in [5.41, 5.74) is -1.12. The third kappa shape index (κ3) is 4.97. The van der Waals surface area contributed by atoms with E-state index in [-0.39, 0.29) is 27.8 Å². The van der Waals surface area contributed by atoms with Crippen molar-refractivity contribution in [2.24, 2.45) is 0 Å². The van der Waals surface area contributed by atoms with Gasteiger partial charge >= 0.3 is 12.1 Å². The SMILES string of the molecule is CN/C=C1/C=C(c2oc3c(C(C)Nc4ccccc4C(=O)O)cc(C)cc3c(=O)c2C(F)(F)F)C=CC1=N. The van der Waals surface area contributed by atoms with Crippen LogP contribution in [0.3, 0.4) is 0 Å². The molecule has 2 aromatic carbocycles. The van der Waals surface area contributed by atoms with Gasteiger partial charge in [-0.1, -0.05) is 18.2 Å². The second-order valence-electron chi connectivity index (χ2n) is 8.82. The van der Waals surface area contributed by atoms with Gasteiger partial charge < -0.3 is 25.6 Å². The molecule has 4 N–H and O–H groups in total. The number of aryl methyl sites for hydroxylation is 1. The second-order valence-corrected chi connectivity index (χ2v) is 8.82. The molecule has 1 unspecified atom stereocenters. The van der Waals surface area contributed by atoms with Gasteiger partial charge in [-0.15, -0.1) is 0 Å². The molecular weight excluding hydrogens is 499 g/mol. The first kappa shape index (κ1) is 26.5. The van der Waals surface area contributed by atoms with E-state index in [0.717, 1.165) is 0 Å². The summed E-state index contributed by atoms with van der Waals surface area (Å²) in [5.74, 6) is -1.81. The zero-order chi connectivity index (χ0) is 27.8. The van der Waals surface area contributed by atoms with Crippen LogP contribution in [0.15, 0.2) is 75.6 Å². The minimum absolute atomic E-state index is 0.0154. The van der Waals surface area contributed by atoms with Crippen molar-refractivity contribution in [3.63, 3.8) is 0 Å². The fraction of sp³-hybridized carbons (Fsp3) is 0.179. The van der Waals surface area contributed by atoms with Gasteiger partial charge in [-0.2, -0.15) is 13.2 Å². The number of para-hydroxylation sites is 1. The third-order valence-electron chi connectivity index (χ3n) is 6.06. The Bertz CT molecular complexity index is 1610. The number of rotatable bonds is 6. The lowest BCUT2D eigenvalue weighted by molar-refractivity contribution is -0.139. The van der Waals surface area contributed by atoms with Crippen LogP contribution in [0.1, 0.15) is 45.8 Å². The fourth-order valence-electron chi connectivity index (χ4n) is 4.34. The molecule has 0 spiro atoms. The van der Waals surface area contributed by atoms with E-state index in [1.54, 1.807) is 45.2 Å². The largest absolute Gasteiger partial charge is 0.478 e. The molecule has 10 heteroatoms. The standard InChI is InChI=1S/C28H24F3N3O4/c1-14-10-19(15(2)34-22-7-5-4-6-18(22)27(36)37)26-20(11-14)24(35)23(28(29,30)31)25(38-26)16-8-9-21(32)17(12-16)13-33-3/h4-13,15,32-34H,1-3H3,(H,36,37)/b17-13-,32-21?. The molecule has 4 rings (SSSR count). The summed E-state index contributed by atoms with van der Waals surface area (Å²) >= 11 is 0. The average Bonchev–Trinajstić information content (AvgIpc) is 2.84. The van der Waals surface area contributed by atoms with Crippen LogP contribution < -0.4 is 16.1 Å². The first-order valence-corrected chi connectivity index (χ1v) is 11.6. The zero-order valence-electron chi connectivity index (χ0n) is 20.7. The minimum atomic E-state index is -5.01. The number of fused-ring (bicyclic) bond motifs is 1. The molecule has 3 aromatic rings. The highest BCUT2D eigenvalue weighted by Crippen LogP contribution is 2.38. The number of aromatic carboxylic acids is 1. The van der Waals surface area contributed by atoms with E-state index in [4.69, 9.17) is 9.83 Å². The molecule has 1 aliphatic carbocycles. The van der Waals surface area contributed by atoms with Crippen molar-refractivity contribution in [2.45, 2.75) is 26.1 Å². The molecule has 0 aliphatic heterocycles. The molecule has 1 aliphatic rings. The number of carboxylic acids is 1. The Morgan fingerprint density at radius 1 is 1.18 bits per heavy atom. The maximum atomic E-state index is 14.2. The predicted octanol–water partition coefficient (Wildman–Crippen LogP) is 6.07. The van der Waals surface area contributed by atoms with Gasteiger partial charge in [0.25, 0.3) is 0 Å². The van der Waals surface area contributed by atoms with E-state index in [9.17, 15) is 27.9 Å². The monoisotopic (exact) mass is 523 g/mol. The Morgan fingerprint density at radius 3 is 2.55 bits per heavy atom. The summed E-state index contributed by atoms with van der Waals surface area (Å²) < 4.78 is 48.6. The molecule has 196 valence electrons. The summed E-state index contributed by atoms with van der Waals surface area (Å²) in [6.45, 7) is 3.34. The number of anilines is 1. The number of allylic oxidation sites excluding steroid dienone is 5. The van der Waals surface area contributed by atoms with Gasteiger partial charge in [-0.05, 0) is 55.8 Å². The van der Waals surface area contributed by atoms with Crippen molar-refractivity contribution in [1.82, 2.24) is 5.32 Å². The van der Waals surface area contributed by atoms with Crippen molar-refractivity contribution < 1.29 is 27.5 Å². The van der Waals surface area contributed by atoms with Gasteiger partial charge in [-0.3, -0.25) is 4.79 Å². The Hall–Kier alpha value is -4.60. The fourth-order valence-corrected chi connectivity index (χ4v) is 4.34. The number of carbonyl (C=O) groups is 1. The normalized spacial score (nSPS) is 15.5. The molecule has 1 heterocycles. The van der Waals surface area contributed by atoms with Crippen LogP contribution in [-0.2, 0) is 6.18 Å². The van der Waals surface area contributed by atoms with E-state index < -0.39 is 34.9 Å². The van der Waals surface area contributed by atoms with Gasteiger partial charge in [0.2, 0.25) is 5.43 Å². The number of hydrogen-bond acceptors (Lipinski definition) is 6. The Kier molecular flexibility index (Phi) is 6.99. The van der Waals surface area contributed by atoms with Crippen molar-refractivity contribution in [3.8, 4) is 0 Å². The molecule has 1 atom stereocenters. The van der Waals surface area contributed by atoms with Gasteiger partial charge in [0.05, 0.1) is 22.7 Å². The Balaban J connectivity index is 1.98. The van der Waals surface area contributed by atoms with Crippen molar-refractivity contribution in [1.29, 1.82) is 5.41 Å². The molecule has 0 radical (unpaired) electrons. The van der Waals surface area contributed by atoms with E-state index >= 15 is 0 Å². The van der Waals surface area contributed by atoms with Crippen LogP contribution in [0.5, 0.6) is 0 Å². The third-order valence-corrected chi connectivity index (χ3v) is 6.06. The molecule has 38 heavy (non-hydrogen) atoms. The molecule has 0 amide bonds. The van der Waals surface area contributed by atoms with Crippen LogP contribution in [0, 0.1) is 12.3 Å². The maximum Gasteiger partial charge on any atom is 0.423 e. The highest BCUT2D eigenvalue weighted by atomic mass is 19.4. The van der Waals surface area contributed by atoms with E-state index in [1.165, 1.54) is 36.6 Å². The van der Waals surface area contributed by atoms with Crippen molar-refractivity contribution >= 4 is 33.9 Å². The van der Waals surface area contributed by atoms with Crippen LogP contribution in [0.4, 0.5) is 18.9 Å². The second kappa shape index (κ2) is 10.0. The quantitative estimate of drug-likeness (QED) is 0.312. The number of carboxylic acid groups (broad SMARTS) is 1. The number of nitrogens with one attached hydrogen (secondary N) is 3. The zero-order valence-corrected chi connectivity index (χ0v) is 20.7. The number of benzene rings is 2. The predicted molar refractivity (Wildman–Crippen MR) is 140 cm³/mol. The summed E-state index contributed by atoms with van der Waals surface area (Å²) in [4.78, 5) is 25.0. The van der Waals surface area contributed by atoms with Crippen LogP contribution in [-0.4, -0.2) is 23.8 Å². The summed E-state index contributed by atoms with van der Waals surface area (Å²) in [6, 6.07) is 8.60. The smallest absolute Gasteiger partial charge is 0.423 e. The Morgan fingerprint density at radius 2 is 1.89 bits per heavy atom. The lowest BCUT2D eigenvalue weighted by atomic mass is 9.94. The van der Waals surface area contributed by atoms with Gasteiger partial charge in [0.1, 0.15) is 11.1 Å². The van der Waals surface area contributed by atoms with E-state index in [2.05, 4.69) is 10.6 Å². The molecule has 0 saturated heterocycles. The molecule has 7 nitrogen and oxygen atoms in total. The van der Waals surface area contributed by atoms with Gasteiger partial charge in [0.15, 0.2) is 5.76 Å². The van der Waals surface area contributed by atoms with E-state index in [1.807, 2.05) is 0 Å². The highest BCUT2D eigenvalue weighted by Gasteiger charge is 2.40. The van der Waals surface area contributed by atoms with Crippen LogP contribution in [0.25, 0.3) is 16.5 Å². The van der Waals surface area contributed by atoms with Crippen molar-refractivity contribution in [3.05, 3.63) is 105 Å². The lowest BCUT2D eigenvalue weighted by Gasteiger charge is -2.21. The van der Waals surface area contributed by atoms with Crippen LogP contribution in [0.2, 0.25) is 0 Å². The Labute approximate surface area is 215 Å². The number of alkyl halides is 3. The molecule has 0 fully saturated rings. The maximum absolute atomic E-state index is 14.2. The number of hydrogen-bond donors (Lipinski definition) is 4. The van der Waals surface area contributed by atoms with E-state index in [0.29, 0.717) is 22.4 Å². The van der Waals surface area contributed by atoms with Crippen LogP contribution >= 0.6 is 0 Å². The molecule has 1 aromatic heterocycles. The minimum Gasteiger partial charge on any atom is -0.478 e. The summed E-state index contributed by atoms with van der Waals surface area (Å²) in [7, 11) is 1.59. The summed E-state index contributed by atoms with van der Waals surface area (Å²) in [5, 5.41) is 23.1. The summed E-state index contributed by atoms with van der Waals surface area (Å²) in [6.07, 6.45) is 0.417. The van der Waals surface area contributed by atoms with Gasteiger partial charge in [0, 0.05) is 35.6 Å². The first-order chi connectivity index (χ1) is 17.9. The highest BCUT2D eigenvalue weighted by molar-refractivity contribution is 6.13.